The number of nitrogens with zero attached hydrogens (tertiary/aromatic N) is 1. The Hall–Kier alpha value is -1.76. The van der Waals surface area contributed by atoms with Gasteiger partial charge in [-0.05, 0) is 50.7 Å². The van der Waals surface area contributed by atoms with Crippen molar-refractivity contribution in [2.75, 3.05) is 13.1 Å². The first-order chi connectivity index (χ1) is 12.9. The van der Waals surface area contributed by atoms with Crippen LogP contribution in [0.25, 0.3) is 0 Å². The molecule has 2 saturated heterocycles. The molecule has 148 valence electrons. The topological polar surface area (TPSA) is 45.7 Å². The summed E-state index contributed by atoms with van der Waals surface area (Å²) in [5.74, 6) is 0.733. The predicted molar refractivity (Wildman–Crippen MR) is 97.8 cm³/mol. The van der Waals surface area contributed by atoms with Crippen LogP contribution in [0.4, 0.5) is 13.2 Å². The average Bonchev–Trinajstić information content (AvgIpc) is 3.15. The van der Waals surface area contributed by atoms with Crippen LogP contribution in [0, 0.1) is 0 Å². The molecule has 1 aromatic rings. The van der Waals surface area contributed by atoms with Crippen LogP contribution in [-0.4, -0.2) is 37.3 Å². The fraction of sp³-hybridized carbons (Fsp3) is 0.650. The normalized spacial score (nSPS) is 29.0. The van der Waals surface area contributed by atoms with Crippen LogP contribution in [0.15, 0.2) is 29.3 Å². The summed E-state index contributed by atoms with van der Waals surface area (Å²) in [4.78, 5) is 4.72. The summed E-state index contributed by atoms with van der Waals surface area (Å²) >= 11 is 0. The second-order valence-corrected chi connectivity index (χ2v) is 7.91. The van der Waals surface area contributed by atoms with Gasteiger partial charge in [-0.15, -0.1) is 0 Å². The molecule has 2 bridgehead atoms. The minimum absolute atomic E-state index is 0.247. The molecule has 4 rings (SSSR count). The Morgan fingerprint density at radius 1 is 1.30 bits per heavy atom. The molecule has 3 aliphatic rings. The maximum Gasteiger partial charge on any atom is 0.416 e. The van der Waals surface area contributed by atoms with Crippen molar-refractivity contribution in [2.45, 2.75) is 68.9 Å². The van der Waals surface area contributed by atoms with Crippen LogP contribution in [0.2, 0.25) is 0 Å². The standard InChI is InChI=1S/C20H26F3N3O/c1-2-24-18(26-16-11-15-6-7-17(16)27-15)25-12-19(8-9-19)13-4-3-5-14(10-13)20(21,22)23/h3-5,10,15-17H,2,6-9,11-12H2,1H3,(H2,24,25,26). The zero-order valence-electron chi connectivity index (χ0n) is 15.5. The maximum atomic E-state index is 13.0. The molecular formula is C20H26F3N3O. The molecule has 2 N–H and O–H groups in total. The van der Waals surface area contributed by atoms with Crippen LogP contribution in [0.5, 0.6) is 0 Å². The summed E-state index contributed by atoms with van der Waals surface area (Å²) in [7, 11) is 0. The Kier molecular flexibility index (Phi) is 4.82. The highest BCUT2D eigenvalue weighted by Crippen LogP contribution is 2.49. The number of hydrogen-bond donors (Lipinski definition) is 2. The van der Waals surface area contributed by atoms with Gasteiger partial charge < -0.3 is 15.4 Å². The summed E-state index contributed by atoms with van der Waals surface area (Å²) in [6.45, 7) is 3.24. The number of halogens is 3. The van der Waals surface area contributed by atoms with Crippen molar-refractivity contribution in [3.63, 3.8) is 0 Å². The van der Waals surface area contributed by atoms with Gasteiger partial charge in [-0.1, -0.05) is 18.2 Å². The highest BCUT2D eigenvalue weighted by atomic mass is 19.4. The van der Waals surface area contributed by atoms with Crippen LogP contribution < -0.4 is 10.6 Å². The minimum atomic E-state index is -4.31. The number of guanidine groups is 1. The van der Waals surface area contributed by atoms with E-state index in [1.807, 2.05) is 6.92 Å². The summed E-state index contributed by atoms with van der Waals surface area (Å²) < 4.78 is 45.0. The van der Waals surface area contributed by atoms with Crippen LogP contribution in [0.3, 0.4) is 0 Å². The monoisotopic (exact) mass is 381 g/mol. The average molecular weight is 381 g/mol. The number of benzene rings is 1. The first kappa shape index (κ1) is 18.6. The minimum Gasteiger partial charge on any atom is -0.373 e. The molecule has 0 radical (unpaired) electrons. The van der Waals surface area contributed by atoms with E-state index in [2.05, 4.69) is 10.6 Å². The van der Waals surface area contributed by atoms with Crippen molar-refractivity contribution in [3.8, 4) is 0 Å². The zero-order chi connectivity index (χ0) is 19.1. The van der Waals surface area contributed by atoms with Gasteiger partial charge in [0.1, 0.15) is 0 Å². The van der Waals surface area contributed by atoms with E-state index in [9.17, 15) is 13.2 Å². The van der Waals surface area contributed by atoms with E-state index < -0.39 is 11.7 Å². The first-order valence-electron chi connectivity index (χ1n) is 9.78. The van der Waals surface area contributed by atoms with Gasteiger partial charge in [-0.3, -0.25) is 4.99 Å². The fourth-order valence-corrected chi connectivity index (χ4v) is 4.23. The maximum absolute atomic E-state index is 13.0. The lowest BCUT2D eigenvalue weighted by atomic mass is 9.94. The van der Waals surface area contributed by atoms with Gasteiger partial charge in [0, 0.05) is 12.0 Å². The summed E-state index contributed by atoms with van der Waals surface area (Å²) in [5.41, 5.74) is -0.117. The fourth-order valence-electron chi connectivity index (χ4n) is 4.23. The summed E-state index contributed by atoms with van der Waals surface area (Å²) in [5, 5.41) is 6.73. The van der Waals surface area contributed by atoms with Crippen molar-refractivity contribution < 1.29 is 17.9 Å². The SMILES string of the molecule is CCNC(=NCC1(c2cccc(C(F)(F)F)c2)CC1)NC1CC2CCC1O2. The van der Waals surface area contributed by atoms with Gasteiger partial charge in [0.05, 0.1) is 30.4 Å². The molecule has 3 fully saturated rings. The van der Waals surface area contributed by atoms with E-state index in [1.54, 1.807) is 6.07 Å². The lowest BCUT2D eigenvalue weighted by molar-refractivity contribution is -0.137. The lowest BCUT2D eigenvalue weighted by Gasteiger charge is -2.23. The lowest BCUT2D eigenvalue weighted by Crippen LogP contribution is -2.47. The van der Waals surface area contributed by atoms with Crippen molar-refractivity contribution in [2.24, 2.45) is 4.99 Å². The Balaban J connectivity index is 1.46. The van der Waals surface area contributed by atoms with Crippen LogP contribution >= 0.6 is 0 Å². The Morgan fingerprint density at radius 2 is 2.11 bits per heavy atom. The van der Waals surface area contributed by atoms with Gasteiger partial charge >= 0.3 is 6.18 Å². The van der Waals surface area contributed by atoms with Gasteiger partial charge in [0.2, 0.25) is 0 Å². The third-order valence-electron chi connectivity index (χ3n) is 5.97. The van der Waals surface area contributed by atoms with Crippen molar-refractivity contribution in [1.29, 1.82) is 0 Å². The summed E-state index contributed by atoms with van der Waals surface area (Å²) in [6, 6.07) is 5.97. The molecular weight excluding hydrogens is 355 g/mol. The van der Waals surface area contributed by atoms with Gasteiger partial charge in [0.15, 0.2) is 5.96 Å². The quantitative estimate of drug-likeness (QED) is 0.605. The van der Waals surface area contributed by atoms with E-state index in [1.165, 1.54) is 12.1 Å². The molecule has 1 saturated carbocycles. The third-order valence-corrected chi connectivity index (χ3v) is 5.97. The van der Waals surface area contributed by atoms with Gasteiger partial charge in [0.25, 0.3) is 0 Å². The third kappa shape index (κ3) is 3.93. The molecule has 3 atom stereocenters. The molecule has 2 aliphatic heterocycles. The van der Waals surface area contributed by atoms with E-state index in [0.717, 1.165) is 56.2 Å². The molecule has 4 nitrogen and oxygen atoms in total. The van der Waals surface area contributed by atoms with Gasteiger partial charge in [-0.25, -0.2) is 0 Å². The molecule has 1 aromatic carbocycles. The Bertz CT molecular complexity index is 715. The second kappa shape index (κ2) is 7.00. The predicted octanol–water partition coefficient (Wildman–Crippen LogP) is 3.61. The number of fused-ring (bicyclic) bond motifs is 2. The second-order valence-electron chi connectivity index (χ2n) is 7.91. The van der Waals surface area contributed by atoms with Crippen molar-refractivity contribution in [3.05, 3.63) is 35.4 Å². The highest BCUT2D eigenvalue weighted by molar-refractivity contribution is 5.80. The number of nitrogens with one attached hydrogen (secondary N) is 2. The molecule has 2 heterocycles. The van der Waals surface area contributed by atoms with Crippen molar-refractivity contribution in [1.82, 2.24) is 10.6 Å². The number of ether oxygens (including phenoxy) is 1. The van der Waals surface area contributed by atoms with Gasteiger partial charge in [-0.2, -0.15) is 13.2 Å². The molecule has 7 heteroatoms. The molecule has 27 heavy (non-hydrogen) atoms. The van der Waals surface area contributed by atoms with Crippen LogP contribution in [0.1, 0.15) is 50.2 Å². The molecule has 0 amide bonds. The Labute approximate surface area is 157 Å². The van der Waals surface area contributed by atoms with Crippen molar-refractivity contribution >= 4 is 5.96 Å². The molecule has 3 unspecified atom stereocenters. The molecule has 0 spiro atoms. The van der Waals surface area contributed by atoms with E-state index in [4.69, 9.17) is 9.73 Å². The smallest absolute Gasteiger partial charge is 0.373 e. The summed E-state index contributed by atoms with van der Waals surface area (Å²) in [6.07, 6.45) is 1.24. The zero-order valence-corrected chi connectivity index (χ0v) is 15.5. The van der Waals surface area contributed by atoms with Crippen LogP contribution in [-0.2, 0) is 16.3 Å². The number of aliphatic imine (C=N–C) groups is 1. The molecule has 1 aliphatic carbocycles. The first-order valence-corrected chi connectivity index (χ1v) is 9.78. The number of alkyl halides is 3. The number of hydrogen-bond acceptors (Lipinski definition) is 2. The number of rotatable bonds is 5. The van der Waals surface area contributed by atoms with E-state index >= 15 is 0 Å². The highest BCUT2D eigenvalue weighted by Gasteiger charge is 2.45. The van der Waals surface area contributed by atoms with E-state index in [-0.39, 0.29) is 17.6 Å². The largest absolute Gasteiger partial charge is 0.416 e. The molecule has 0 aromatic heterocycles. The van der Waals surface area contributed by atoms with E-state index in [0.29, 0.717) is 12.6 Å². The Morgan fingerprint density at radius 3 is 2.70 bits per heavy atom.